The summed E-state index contributed by atoms with van der Waals surface area (Å²) in [5.74, 6) is -0.353. The quantitative estimate of drug-likeness (QED) is 0.364. The van der Waals surface area contributed by atoms with Gasteiger partial charge in [0, 0.05) is 24.1 Å². The lowest BCUT2D eigenvalue weighted by molar-refractivity contribution is 0.0440. The summed E-state index contributed by atoms with van der Waals surface area (Å²) in [5.41, 5.74) is 3.92. The van der Waals surface area contributed by atoms with Crippen LogP contribution in [0.3, 0.4) is 0 Å². The van der Waals surface area contributed by atoms with Gasteiger partial charge < -0.3 is 15.0 Å². The minimum absolute atomic E-state index is 0.0580. The predicted octanol–water partition coefficient (Wildman–Crippen LogP) is 5.17. The molecule has 0 spiro atoms. The van der Waals surface area contributed by atoms with Crippen molar-refractivity contribution >= 4 is 15.9 Å². The zero-order chi connectivity index (χ0) is 29.5. The largest absolute Gasteiger partial charge is 0.379 e. The summed E-state index contributed by atoms with van der Waals surface area (Å²) >= 11 is 0. The Hall–Kier alpha value is -2.85. The molecule has 0 radical (unpaired) electrons. The highest BCUT2D eigenvalue weighted by molar-refractivity contribution is 7.91. The van der Waals surface area contributed by atoms with E-state index in [0.717, 1.165) is 43.9 Å². The maximum absolute atomic E-state index is 14.2. The number of hydrogen-bond donors (Lipinski definition) is 1. The van der Waals surface area contributed by atoms with E-state index in [1.54, 1.807) is 28.9 Å². The summed E-state index contributed by atoms with van der Waals surface area (Å²) in [5, 5.41) is 8.34. The van der Waals surface area contributed by atoms with E-state index < -0.39 is 9.84 Å². The molecule has 2 aliphatic heterocycles. The Bertz CT molecular complexity index is 1570. The van der Waals surface area contributed by atoms with Crippen molar-refractivity contribution in [3.8, 4) is 5.69 Å². The van der Waals surface area contributed by atoms with Crippen LogP contribution in [0.25, 0.3) is 11.8 Å². The van der Waals surface area contributed by atoms with E-state index in [1.165, 1.54) is 30.5 Å². The molecular weight excluding hydrogens is 551 g/mol. The van der Waals surface area contributed by atoms with Crippen LogP contribution in [0.1, 0.15) is 56.9 Å². The van der Waals surface area contributed by atoms with Crippen LogP contribution in [0.4, 0.5) is 4.39 Å². The average molecular weight is 593 g/mol. The van der Waals surface area contributed by atoms with Crippen LogP contribution in [0.2, 0.25) is 0 Å². The molecule has 7 nitrogen and oxygen atoms in total. The fourth-order valence-corrected chi connectivity index (χ4v) is 7.90. The molecule has 42 heavy (non-hydrogen) atoms. The Labute approximate surface area is 248 Å². The molecule has 2 fully saturated rings. The monoisotopic (exact) mass is 592 g/mol. The summed E-state index contributed by atoms with van der Waals surface area (Å²) in [6, 6.07) is 13.2. The Morgan fingerprint density at radius 2 is 1.76 bits per heavy atom. The summed E-state index contributed by atoms with van der Waals surface area (Å²) in [4.78, 5) is 2.66. The number of nitrogens with one attached hydrogen (secondary N) is 1. The van der Waals surface area contributed by atoms with E-state index in [2.05, 4.69) is 37.1 Å². The molecular formula is C33H41FN4O3S. The molecule has 0 unspecified atom stereocenters. The molecule has 0 saturated carbocycles. The van der Waals surface area contributed by atoms with Gasteiger partial charge in [-0.2, -0.15) is 5.10 Å². The van der Waals surface area contributed by atoms with Crippen molar-refractivity contribution in [2.24, 2.45) is 5.41 Å². The van der Waals surface area contributed by atoms with Crippen molar-refractivity contribution in [2.45, 2.75) is 61.8 Å². The molecule has 9 heteroatoms. The van der Waals surface area contributed by atoms with Crippen LogP contribution in [-0.4, -0.2) is 69.0 Å². The lowest BCUT2D eigenvalue weighted by Crippen LogP contribution is -2.48. The van der Waals surface area contributed by atoms with Crippen LogP contribution in [0.15, 0.2) is 64.0 Å². The van der Waals surface area contributed by atoms with Crippen LogP contribution in [0, 0.1) is 11.2 Å². The van der Waals surface area contributed by atoms with Crippen molar-refractivity contribution in [3.05, 3.63) is 76.7 Å². The van der Waals surface area contributed by atoms with Gasteiger partial charge in [0.15, 0.2) is 5.03 Å². The molecule has 2 saturated heterocycles. The molecule has 1 atom stereocenters. The number of likely N-dealkylation sites (tertiary alicyclic amines) is 1. The van der Waals surface area contributed by atoms with E-state index in [9.17, 15) is 12.8 Å². The summed E-state index contributed by atoms with van der Waals surface area (Å²) in [6.45, 7) is 12.2. The predicted molar refractivity (Wildman–Crippen MR) is 162 cm³/mol. The third-order valence-electron chi connectivity index (χ3n) is 9.01. The van der Waals surface area contributed by atoms with Gasteiger partial charge in [0.1, 0.15) is 5.82 Å². The summed E-state index contributed by atoms with van der Waals surface area (Å²) in [7, 11) is -3.94. The molecule has 6 rings (SSSR count). The molecule has 3 heterocycles. The smallest absolute Gasteiger partial charge is 0.225 e. The van der Waals surface area contributed by atoms with E-state index in [1.807, 2.05) is 12.1 Å². The molecule has 3 aromatic rings. The SMILES string of the molecule is CC(C)(C)c1ccc(S(=O)(=O)c2nn(-c3ccc(F)cc3)c3c2C[C@]2(COCCN4CCCC4)CNCCC2=C3)cc1. The number of nitrogens with zero attached hydrogens (tertiary/aromatic N) is 3. The van der Waals surface area contributed by atoms with Gasteiger partial charge in [-0.3, -0.25) is 0 Å². The maximum Gasteiger partial charge on any atom is 0.225 e. The molecule has 1 aliphatic carbocycles. The van der Waals surface area contributed by atoms with E-state index in [4.69, 9.17) is 9.84 Å². The van der Waals surface area contributed by atoms with Crippen LogP contribution >= 0.6 is 0 Å². The minimum Gasteiger partial charge on any atom is -0.379 e. The fraction of sp³-hybridized carbons (Fsp3) is 0.485. The van der Waals surface area contributed by atoms with Crippen molar-refractivity contribution in [2.75, 3.05) is 45.9 Å². The van der Waals surface area contributed by atoms with Crippen molar-refractivity contribution in [1.29, 1.82) is 0 Å². The number of sulfone groups is 1. The zero-order valence-electron chi connectivity index (χ0n) is 24.8. The molecule has 224 valence electrons. The number of hydrogen-bond acceptors (Lipinski definition) is 6. The third kappa shape index (κ3) is 5.60. The summed E-state index contributed by atoms with van der Waals surface area (Å²) in [6.07, 6.45) is 5.96. The third-order valence-corrected chi connectivity index (χ3v) is 10.7. The second-order valence-electron chi connectivity index (χ2n) is 13.0. The van der Waals surface area contributed by atoms with Crippen LogP contribution < -0.4 is 5.32 Å². The first-order valence-electron chi connectivity index (χ1n) is 15.0. The highest BCUT2D eigenvalue weighted by Crippen LogP contribution is 2.45. The molecule has 0 bridgehead atoms. The number of benzene rings is 2. The van der Waals surface area contributed by atoms with Gasteiger partial charge in [0.05, 0.1) is 29.5 Å². The maximum atomic E-state index is 14.2. The lowest BCUT2D eigenvalue weighted by atomic mass is 9.69. The average Bonchev–Trinajstić information content (AvgIpc) is 3.62. The van der Waals surface area contributed by atoms with Gasteiger partial charge in [-0.05, 0) is 98.8 Å². The zero-order valence-corrected chi connectivity index (χ0v) is 25.6. The number of piperidine rings is 1. The number of aromatic nitrogens is 2. The highest BCUT2D eigenvalue weighted by Gasteiger charge is 2.44. The van der Waals surface area contributed by atoms with Crippen LogP contribution in [-0.2, 0) is 26.4 Å². The van der Waals surface area contributed by atoms with Gasteiger partial charge in [-0.25, -0.2) is 17.5 Å². The molecule has 3 aliphatic rings. The van der Waals surface area contributed by atoms with Gasteiger partial charge in [0.25, 0.3) is 0 Å². The Morgan fingerprint density at radius 1 is 1.05 bits per heavy atom. The second-order valence-corrected chi connectivity index (χ2v) is 14.9. The molecule has 2 aromatic carbocycles. The first-order valence-corrected chi connectivity index (χ1v) is 16.5. The number of ether oxygens (including phenoxy) is 1. The van der Waals surface area contributed by atoms with Gasteiger partial charge >= 0.3 is 0 Å². The van der Waals surface area contributed by atoms with Crippen LogP contribution in [0.5, 0.6) is 0 Å². The molecule has 1 aromatic heterocycles. The first kappa shape index (κ1) is 29.2. The standard InChI is InChI=1S/C33H41FN4O3S/c1-32(2,3)24-6-12-28(13-7-24)42(39,40)31-29-21-33(23-41-19-18-37-16-4-5-17-37)22-35-15-14-25(33)20-30(29)38(36-31)27-10-8-26(34)9-11-27/h6-13,20,35H,4-5,14-19,21-23H2,1-3H3/t33-/m1/s1. The van der Waals surface area contributed by atoms with E-state index in [-0.39, 0.29) is 26.6 Å². The first-order chi connectivity index (χ1) is 20.1. The Kier molecular flexibility index (Phi) is 7.89. The van der Waals surface area contributed by atoms with E-state index >= 15 is 0 Å². The Balaban J connectivity index is 1.40. The number of rotatable bonds is 8. The fourth-order valence-electron chi connectivity index (χ4n) is 6.49. The topological polar surface area (TPSA) is 76.5 Å². The van der Waals surface area contributed by atoms with Crippen molar-refractivity contribution < 1.29 is 17.5 Å². The van der Waals surface area contributed by atoms with Gasteiger partial charge in [-0.15, -0.1) is 0 Å². The van der Waals surface area contributed by atoms with Gasteiger partial charge in [-0.1, -0.05) is 38.5 Å². The van der Waals surface area contributed by atoms with Gasteiger partial charge in [0.2, 0.25) is 9.84 Å². The number of fused-ring (bicyclic) bond motifs is 2. The highest BCUT2D eigenvalue weighted by atomic mass is 32.2. The molecule has 1 N–H and O–H groups in total. The lowest BCUT2D eigenvalue weighted by Gasteiger charge is -2.42. The van der Waals surface area contributed by atoms with E-state index in [0.29, 0.717) is 37.4 Å². The normalized spacial score (nSPS) is 21.2. The minimum atomic E-state index is -3.94. The van der Waals surface area contributed by atoms with Crippen molar-refractivity contribution in [3.63, 3.8) is 0 Å². The Morgan fingerprint density at radius 3 is 2.45 bits per heavy atom. The van der Waals surface area contributed by atoms with Crippen molar-refractivity contribution in [1.82, 2.24) is 20.0 Å². The molecule has 0 amide bonds. The number of halogens is 1. The summed E-state index contributed by atoms with van der Waals surface area (Å²) < 4.78 is 50.3. The second kappa shape index (κ2) is 11.3.